The average Bonchev–Trinajstić information content (AvgIpc) is 2.77. The van der Waals surface area contributed by atoms with E-state index >= 15 is 0 Å². The van der Waals surface area contributed by atoms with Crippen molar-refractivity contribution in [2.45, 2.75) is 32.6 Å². The van der Waals surface area contributed by atoms with Gasteiger partial charge in [0.25, 0.3) is 5.91 Å². The van der Waals surface area contributed by atoms with Gasteiger partial charge < -0.3 is 9.64 Å². The van der Waals surface area contributed by atoms with Crippen LogP contribution in [-0.2, 0) is 10.2 Å². The number of nitrogens with one attached hydrogen (secondary N) is 1. The zero-order valence-electron chi connectivity index (χ0n) is 11.8. The minimum Gasteiger partial charge on any atom is -0.385 e. The van der Waals surface area contributed by atoms with E-state index in [1.165, 1.54) is 0 Å². The average molecular weight is 254 g/mol. The van der Waals surface area contributed by atoms with E-state index in [-0.39, 0.29) is 17.1 Å². The number of nitrogens with zero attached hydrogens (tertiary/aromatic N) is 3. The maximum atomic E-state index is 12.0. The first-order valence-electron chi connectivity index (χ1n) is 6.03. The molecule has 1 heterocycles. The molecule has 6 heteroatoms. The van der Waals surface area contributed by atoms with Crippen molar-refractivity contribution < 1.29 is 9.53 Å². The SMILES string of the molecule is COCCCN(C)C(=O)c1n[nH]c(C(C)(C)C)n1. The van der Waals surface area contributed by atoms with E-state index in [9.17, 15) is 4.79 Å². The number of carbonyl (C=O) groups excluding carboxylic acids is 1. The molecule has 102 valence electrons. The zero-order chi connectivity index (χ0) is 13.8. The lowest BCUT2D eigenvalue weighted by molar-refractivity contribution is 0.0767. The molecule has 0 saturated heterocycles. The Kier molecular flexibility index (Phi) is 4.84. The van der Waals surface area contributed by atoms with Gasteiger partial charge in [0.2, 0.25) is 5.82 Å². The Bertz CT molecular complexity index is 395. The number of aromatic amines is 1. The molecular formula is C12H22N4O2. The van der Waals surface area contributed by atoms with E-state index in [4.69, 9.17) is 4.74 Å². The van der Waals surface area contributed by atoms with Gasteiger partial charge >= 0.3 is 0 Å². The molecule has 1 N–H and O–H groups in total. The maximum absolute atomic E-state index is 12.0. The van der Waals surface area contributed by atoms with Gasteiger partial charge in [-0.05, 0) is 6.42 Å². The Morgan fingerprint density at radius 3 is 2.61 bits per heavy atom. The van der Waals surface area contributed by atoms with Crippen LogP contribution in [0.2, 0.25) is 0 Å². The molecular weight excluding hydrogens is 232 g/mol. The lowest BCUT2D eigenvalue weighted by Crippen LogP contribution is -2.29. The second kappa shape index (κ2) is 5.95. The summed E-state index contributed by atoms with van der Waals surface area (Å²) >= 11 is 0. The predicted octanol–water partition coefficient (Wildman–Crippen LogP) is 1.21. The van der Waals surface area contributed by atoms with Gasteiger partial charge in [-0.15, -0.1) is 5.10 Å². The number of hydrogen-bond donors (Lipinski definition) is 1. The third-order valence-corrected chi connectivity index (χ3v) is 2.58. The third kappa shape index (κ3) is 3.80. The molecule has 1 rings (SSSR count). The summed E-state index contributed by atoms with van der Waals surface area (Å²) in [6.45, 7) is 7.32. The summed E-state index contributed by atoms with van der Waals surface area (Å²) in [6.07, 6.45) is 0.801. The van der Waals surface area contributed by atoms with Gasteiger partial charge in [-0.2, -0.15) is 0 Å². The Labute approximate surface area is 108 Å². The van der Waals surface area contributed by atoms with Crippen molar-refractivity contribution in [3.8, 4) is 0 Å². The zero-order valence-corrected chi connectivity index (χ0v) is 11.8. The molecule has 0 aliphatic carbocycles. The fourth-order valence-corrected chi connectivity index (χ4v) is 1.41. The van der Waals surface area contributed by atoms with Crippen LogP contribution in [0.4, 0.5) is 0 Å². The molecule has 1 aromatic rings. The smallest absolute Gasteiger partial charge is 0.293 e. The lowest BCUT2D eigenvalue weighted by Gasteiger charge is -2.15. The quantitative estimate of drug-likeness (QED) is 0.802. The number of methoxy groups -OCH3 is 1. The van der Waals surface area contributed by atoms with Crippen LogP contribution in [0.3, 0.4) is 0 Å². The number of amides is 1. The van der Waals surface area contributed by atoms with E-state index in [2.05, 4.69) is 15.2 Å². The highest BCUT2D eigenvalue weighted by Crippen LogP contribution is 2.17. The van der Waals surface area contributed by atoms with Gasteiger partial charge in [0.1, 0.15) is 5.82 Å². The highest BCUT2D eigenvalue weighted by molar-refractivity contribution is 5.90. The number of aromatic nitrogens is 3. The molecule has 0 aromatic carbocycles. The largest absolute Gasteiger partial charge is 0.385 e. The number of carbonyl (C=O) groups is 1. The summed E-state index contributed by atoms with van der Waals surface area (Å²) in [4.78, 5) is 17.9. The molecule has 6 nitrogen and oxygen atoms in total. The standard InChI is InChI=1S/C12H22N4O2/c1-12(2,3)11-13-9(14-15-11)10(17)16(4)7-6-8-18-5/h6-8H2,1-5H3,(H,13,14,15). The normalized spacial score (nSPS) is 11.6. The molecule has 0 radical (unpaired) electrons. The van der Waals surface area contributed by atoms with Crippen LogP contribution in [0.5, 0.6) is 0 Å². The monoisotopic (exact) mass is 254 g/mol. The second-order valence-corrected chi connectivity index (χ2v) is 5.33. The molecule has 0 spiro atoms. The van der Waals surface area contributed by atoms with Crippen LogP contribution in [0, 0.1) is 0 Å². The van der Waals surface area contributed by atoms with Gasteiger partial charge in [0.05, 0.1) is 0 Å². The van der Waals surface area contributed by atoms with Crippen molar-refractivity contribution in [1.82, 2.24) is 20.1 Å². The fourth-order valence-electron chi connectivity index (χ4n) is 1.41. The Morgan fingerprint density at radius 2 is 2.11 bits per heavy atom. The molecule has 0 bridgehead atoms. The van der Waals surface area contributed by atoms with Gasteiger partial charge in [-0.25, -0.2) is 4.98 Å². The third-order valence-electron chi connectivity index (χ3n) is 2.58. The first-order valence-corrected chi connectivity index (χ1v) is 6.03. The molecule has 0 aliphatic heterocycles. The molecule has 1 amide bonds. The minimum atomic E-state index is -0.169. The molecule has 18 heavy (non-hydrogen) atoms. The van der Waals surface area contributed by atoms with Crippen molar-refractivity contribution in [3.63, 3.8) is 0 Å². The van der Waals surface area contributed by atoms with E-state index in [0.717, 1.165) is 12.2 Å². The van der Waals surface area contributed by atoms with E-state index in [1.54, 1.807) is 19.1 Å². The van der Waals surface area contributed by atoms with E-state index in [0.29, 0.717) is 13.2 Å². The molecule has 0 aliphatic rings. The Hall–Kier alpha value is -1.43. The van der Waals surface area contributed by atoms with E-state index < -0.39 is 0 Å². The molecule has 1 aromatic heterocycles. The van der Waals surface area contributed by atoms with Crippen molar-refractivity contribution in [2.24, 2.45) is 0 Å². The first kappa shape index (κ1) is 14.6. The Morgan fingerprint density at radius 1 is 1.44 bits per heavy atom. The fraction of sp³-hybridized carbons (Fsp3) is 0.750. The second-order valence-electron chi connectivity index (χ2n) is 5.33. The summed E-state index contributed by atoms with van der Waals surface area (Å²) < 4.78 is 4.95. The summed E-state index contributed by atoms with van der Waals surface area (Å²) in [5.74, 6) is 0.772. The van der Waals surface area contributed by atoms with Crippen LogP contribution in [-0.4, -0.2) is 53.3 Å². The molecule has 0 atom stereocenters. The molecule has 0 fully saturated rings. The highest BCUT2D eigenvalue weighted by Gasteiger charge is 2.22. The van der Waals surface area contributed by atoms with Gasteiger partial charge in [-0.1, -0.05) is 20.8 Å². The number of H-pyrrole nitrogens is 1. The summed E-state index contributed by atoms with van der Waals surface area (Å²) in [5, 5.41) is 6.79. The molecule has 0 saturated carbocycles. The van der Waals surface area contributed by atoms with Crippen LogP contribution in [0.1, 0.15) is 43.6 Å². The van der Waals surface area contributed by atoms with Gasteiger partial charge in [0, 0.05) is 32.7 Å². The van der Waals surface area contributed by atoms with Crippen molar-refractivity contribution in [3.05, 3.63) is 11.6 Å². The van der Waals surface area contributed by atoms with Gasteiger partial charge in [-0.3, -0.25) is 9.89 Å². The summed E-state index contributed by atoms with van der Waals surface area (Å²) in [5.41, 5.74) is -0.139. The number of hydrogen-bond acceptors (Lipinski definition) is 4. The Balaban J connectivity index is 2.64. The van der Waals surface area contributed by atoms with Crippen molar-refractivity contribution in [1.29, 1.82) is 0 Å². The van der Waals surface area contributed by atoms with E-state index in [1.807, 2.05) is 20.8 Å². The van der Waals surface area contributed by atoms with Crippen LogP contribution in [0.25, 0.3) is 0 Å². The van der Waals surface area contributed by atoms with Gasteiger partial charge in [0.15, 0.2) is 0 Å². The predicted molar refractivity (Wildman–Crippen MR) is 68.5 cm³/mol. The topological polar surface area (TPSA) is 71.1 Å². The van der Waals surface area contributed by atoms with Crippen molar-refractivity contribution >= 4 is 5.91 Å². The number of ether oxygens (including phenoxy) is 1. The summed E-state index contributed by atoms with van der Waals surface area (Å²) in [7, 11) is 3.39. The molecule has 0 unspecified atom stereocenters. The number of rotatable bonds is 5. The maximum Gasteiger partial charge on any atom is 0.293 e. The summed E-state index contributed by atoms with van der Waals surface area (Å²) in [6, 6.07) is 0. The van der Waals surface area contributed by atoms with Crippen LogP contribution in [0.15, 0.2) is 0 Å². The van der Waals surface area contributed by atoms with Crippen LogP contribution >= 0.6 is 0 Å². The minimum absolute atomic E-state index is 0.139. The lowest BCUT2D eigenvalue weighted by atomic mass is 9.96. The first-order chi connectivity index (χ1) is 8.36. The highest BCUT2D eigenvalue weighted by atomic mass is 16.5. The van der Waals surface area contributed by atoms with Crippen molar-refractivity contribution in [2.75, 3.05) is 27.3 Å². The van der Waals surface area contributed by atoms with Crippen LogP contribution < -0.4 is 0 Å².